The van der Waals surface area contributed by atoms with Gasteiger partial charge in [-0.15, -0.1) is 11.3 Å². The van der Waals surface area contributed by atoms with Crippen molar-refractivity contribution in [3.63, 3.8) is 0 Å². The Bertz CT molecular complexity index is 1280. The number of carbonyl (C=O) groups excluding carboxylic acids is 1. The first-order chi connectivity index (χ1) is 17.1. The third-order valence-corrected chi connectivity index (χ3v) is 5.72. The van der Waals surface area contributed by atoms with Gasteiger partial charge in [-0.1, -0.05) is 19.9 Å². The van der Waals surface area contributed by atoms with Crippen molar-refractivity contribution >= 4 is 34.4 Å². The topological polar surface area (TPSA) is 97.8 Å². The normalized spacial score (nSPS) is 11.5. The number of hydrogen-bond donors (Lipinski definition) is 2. The van der Waals surface area contributed by atoms with Crippen molar-refractivity contribution in [3.05, 3.63) is 70.0 Å². The third-order valence-electron chi connectivity index (χ3n) is 4.96. The number of rotatable bonds is 10. The summed E-state index contributed by atoms with van der Waals surface area (Å²) in [6, 6.07) is 6.18. The Kier molecular flexibility index (Phi) is 8.70. The van der Waals surface area contributed by atoms with Crippen LogP contribution in [0, 0.1) is 23.4 Å². The molecular weight excluding hydrogens is 497 g/mol. The van der Waals surface area contributed by atoms with E-state index in [2.05, 4.69) is 15.0 Å². The lowest BCUT2D eigenvalue weighted by Gasteiger charge is -2.10. The fourth-order valence-corrected chi connectivity index (χ4v) is 3.75. The van der Waals surface area contributed by atoms with Crippen molar-refractivity contribution in [2.24, 2.45) is 5.92 Å². The van der Waals surface area contributed by atoms with Crippen molar-refractivity contribution in [3.8, 4) is 17.0 Å². The van der Waals surface area contributed by atoms with E-state index in [4.69, 9.17) is 9.84 Å². The first kappa shape index (κ1) is 26.7. The second-order valence-corrected chi connectivity index (χ2v) is 8.87. The molecule has 1 amide bonds. The van der Waals surface area contributed by atoms with Crippen LogP contribution >= 0.6 is 11.3 Å². The molecule has 3 aromatic rings. The highest BCUT2D eigenvalue weighted by Gasteiger charge is 2.19. The number of ether oxygens (including phenoxy) is 2. The van der Waals surface area contributed by atoms with E-state index in [9.17, 15) is 22.8 Å². The summed E-state index contributed by atoms with van der Waals surface area (Å²) >= 11 is 1.00. The number of carboxylic acids is 1. The molecule has 2 aromatic carbocycles. The summed E-state index contributed by atoms with van der Waals surface area (Å²) in [5.41, 5.74) is -0.608. The minimum atomic E-state index is -1.51. The predicted octanol–water partition coefficient (Wildman–Crippen LogP) is 5.98. The summed E-state index contributed by atoms with van der Waals surface area (Å²) in [7, 11) is 1.04. The monoisotopic (exact) mass is 520 g/mol. The number of amides is 1. The summed E-state index contributed by atoms with van der Waals surface area (Å²) in [5, 5.41) is 13.0. The molecule has 0 bridgehead atoms. The number of carboxylic acid groups (broad SMARTS) is 1. The van der Waals surface area contributed by atoms with Crippen molar-refractivity contribution in [2.75, 3.05) is 19.0 Å². The van der Waals surface area contributed by atoms with Crippen LogP contribution in [0.5, 0.6) is 5.75 Å². The SMILES string of the molecule is CO/C(=C\c1c(F)cc(C(=O)Nc2nc(-c3cccc(OCCC(C)C)c3F)cs2)cc1F)C(=O)O. The van der Waals surface area contributed by atoms with Gasteiger partial charge in [-0.2, -0.15) is 0 Å². The number of hydrogen-bond acceptors (Lipinski definition) is 6. The van der Waals surface area contributed by atoms with E-state index in [0.717, 1.165) is 37.0 Å². The average Bonchev–Trinajstić information content (AvgIpc) is 3.27. The molecule has 11 heteroatoms. The van der Waals surface area contributed by atoms with Gasteiger partial charge >= 0.3 is 5.97 Å². The quantitative estimate of drug-likeness (QED) is 0.252. The molecule has 0 aliphatic carbocycles. The standard InChI is InChI=1S/C25H23F3N2O5S/c1-13(2)7-8-35-20-6-4-5-15(22(20)28)19-12-36-25(29-19)30-23(31)14-9-17(26)16(18(27)10-14)11-21(34-3)24(32)33/h4-6,9-13H,7-8H2,1-3H3,(H,32,33)(H,29,30,31)/b21-11-. The van der Waals surface area contributed by atoms with Crippen LogP contribution in [0.2, 0.25) is 0 Å². The largest absolute Gasteiger partial charge is 0.490 e. The Morgan fingerprint density at radius 2 is 1.89 bits per heavy atom. The molecule has 0 saturated carbocycles. The Labute approximate surface area is 209 Å². The molecule has 0 fully saturated rings. The molecular formula is C25H23F3N2O5S. The lowest BCUT2D eigenvalue weighted by atomic mass is 10.1. The highest BCUT2D eigenvalue weighted by molar-refractivity contribution is 7.14. The average molecular weight is 521 g/mol. The molecule has 7 nitrogen and oxygen atoms in total. The second-order valence-electron chi connectivity index (χ2n) is 8.01. The number of thiazole rings is 1. The van der Waals surface area contributed by atoms with Crippen LogP contribution in [0.25, 0.3) is 17.3 Å². The maximum atomic E-state index is 14.9. The number of halogens is 3. The first-order valence-electron chi connectivity index (χ1n) is 10.8. The van der Waals surface area contributed by atoms with Gasteiger partial charge in [0.25, 0.3) is 5.91 Å². The van der Waals surface area contributed by atoms with Gasteiger partial charge < -0.3 is 14.6 Å². The second kappa shape index (κ2) is 11.7. The van der Waals surface area contributed by atoms with Gasteiger partial charge in [-0.25, -0.2) is 22.9 Å². The zero-order valence-corrected chi connectivity index (χ0v) is 20.4. The molecule has 36 heavy (non-hydrogen) atoms. The molecule has 190 valence electrons. The van der Waals surface area contributed by atoms with E-state index < -0.39 is 40.7 Å². The fourth-order valence-electron chi connectivity index (χ4n) is 3.04. The molecule has 1 aromatic heterocycles. The van der Waals surface area contributed by atoms with E-state index in [0.29, 0.717) is 18.6 Å². The number of nitrogens with one attached hydrogen (secondary N) is 1. The summed E-state index contributed by atoms with van der Waals surface area (Å²) in [6.07, 6.45) is 1.44. The zero-order chi connectivity index (χ0) is 26.4. The zero-order valence-electron chi connectivity index (χ0n) is 19.6. The number of nitrogens with zero attached hydrogens (tertiary/aromatic N) is 1. The summed E-state index contributed by atoms with van der Waals surface area (Å²) < 4.78 is 53.9. The number of carbonyl (C=O) groups is 2. The molecule has 0 spiro atoms. The lowest BCUT2D eigenvalue weighted by molar-refractivity contribution is -0.135. The first-order valence-corrected chi connectivity index (χ1v) is 11.6. The van der Waals surface area contributed by atoms with Gasteiger partial charge in [0.2, 0.25) is 5.76 Å². The van der Waals surface area contributed by atoms with Crippen LogP contribution in [-0.4, -0.2) is 35.7 Å². The molecule has 0 saturated heterocycles. The van der Waals surface area contributed by atoms with Crippen LogP contribution in [0.4, 0.5) is 18.3 Å². The summed E-state index contributed by atoms with van der Waals surface area (Å²) in [5.74, 6) is -5.47. The van der Waals surface area contributed by atoms with Crippen molar-refractivity contribution in [1.29, 1.82) is 0 Å². The summed E-state index contributed by atoms with van der Waals surface area (Å²) in [6.45, 7) is 4.43. The Morgan fingerprint density at radius 1 is 1.19 bits per heavy atom. The van der Waals surface area contributed by atoms with Gasteiger partial charge in [-0.05, 0) is 36.6 Å². The van der Waals surface area contributed by atoms with E-state index in [1.54, 1.807) is 6.07 Å². The van der Waals surface area contributed by atoms with E-state index in [1.165, 1.54) is 17.5 Å². The number of aromatic nitrogens is 1. The van der Waals surface area contributed by atoms with Crippen LogP contribution in [-0.2, 0) is 9.53 Å². The molecule has 0 unspecified atom stereocenters. The smallest absolute Gasteiger partial charge is 0.371 e. The molecule has 0 radical (unpaired) electrons. The van der Waals surface area contributed by atoms with E-state index >= 15 is 0 Å². The van der Waals surface area contributed by atoms with Gasteiger partial charge in [0, 0.05) is 28.1 Å². The third kappa shape index (κ3) is 6.42. The van der Waals surface area contributed by atoms with Crippen LogP contribution in [0.1, 0.15) is 36.2 Å². The highest BCUT2D eigenvalue weighted by Crippen LogP contribution is 2.32. The van der Waals surface area contributed by atoms with E-state index in [-0.39, 0.29) is 27.7 Å². The minimum Gasteiger partial charge on any atom is -0.490 e. The Hall–Kier alpha value is -3.86. The van der Waals surface area contributed by atoms with E-state index in [1.807, 2.05) is 13.8 Å². The highest BCUT2D eigenvalue weighted by atomic mass is 32.1. The fraction of sp³-hybridized carbons (Fsp3) is 0.240. The maximum absolute atomic E-state index is 14.9. The van der Waals surface area contributed by atoms with Crippen LogP contribution in [0.3, 0.4) is 0 Å². The molecule has 0 aliphatic rings. The van der Waals surface area contributed by atoms with Crippen molar-refractivity contribution in [2.45, 2.75) is 20.3 Å². The molecule has 3 rings (SSSR count). The number of benzene rings is 2. The van der Waals surface area contributed by atoms with Gasteiger partial charge in [0.05, 0.1) is 19.4 Å². The Morgan fingerprint density at radius 3 is 2.50 bits per heavy atom. The molecule has 0 atom stereocenters. The van der Waals surface area contributed by atoms with Crippen molar-refractivity contribution < 1.29 is 37.3 Å². The van der Waals surface area contributed by atoms with Gasteiger partial charge in [0.15, 0.2) is 16.7 Å². The number of aliphatic carboxylic acids is 1. The number of anilines is 1. The Balaban J connectivity index is 1.78. The maximum Gasteiger partial charge on any atom is 0.371 e. The predicted molar refractivity (Wildman–Crippen MR) is 129 cm³/mol. The lowest BCUT2D eigenvalue weighted by Crippen LogP contribution is -2.13. The summed E-state index contributed by atoms with van der Waals surface area (Å²) in [4.78, 5) is 27.8. The van der Waals surface area contributed by atoms with Crippen molar-refractivity contribution in [1.82, 2.24) is 4.98 Å². The van der Waals surface area contributed by atoms with Crippen LogP contribution < -0.4 is 10.1 Å². The minimum absolute atomic E-state index is 0.0814. The van der Waals surface area contributed by atoms with Crippen LogP contribution in [0.15, 0.2) is 41.5 Å². The van der Waals surface area contributed by atoms with Gasteiger partial charge in [0.1, 0.15) is 11.6 Å². The number of methoxy groups -OCH3 is 1. The molecule has 1 heterocycles. The molecule has 0 aliphatic heterocycles. The van der Waals surface area contributed by atoms with Gasteiger partial charge in [-0.3, -0.25) is 10.1 Å². The molecule has 2 N–H and O–H groups in total.